The van der Waals surface area contributed by atoms with Crippen molar-refractivity contribution in [3.8, 4) is 0 Å². The third kappa shape index (κ3) is 3.20. The molecule has 102 valence electrons. The zero-order chi connectivity index (χ0) is 13.8. The van der Waals surface area contributed by atoms with Crippen LogP contribution in [0, 0.1) is 0 Å². The standard InChI is InChI=1S/C16H16BrN3/c17-15-4-2-14-11-16(5-3-13(14)10-15)19-6-1-8-20-9-7-18-12-20/h2-5,7,9-12,19H,1,6,8H2. The highest BCUT2D eigenvalue weighted by molar-refractivity contribution is 9.10. The van der Waals surface area contributed by atoms with Gasteiger partial charge in [-0.3, -0.25) is 0 Å². The molecule has 1 N–H and O–H groups in total. The van der Waals surface area contributed by atoms with Crippen molar-refractivity contribution in [1.29, 1.82) is 0 Å². The van der Waals surface area contributed by atoms with Crippen molar-refractivity contribution >= 4 is 32.4 Å². The van der Waals surface area contributed by atoms with Crippen LogP contribution in [0.15, 0.2) is 59.6 Å². The summed E-state index contributed by atoms with van der Waals surface area (Å²) in [7, 11) is 0. The maximum absolute atomic E-state index is 4.04. The van der Waals surface area contributed by atoms with Gasteiger partial charge in [-0.1, -0.05) is 28.1 Å². The van der Waals surface area contributed by atoms with Gasteiger partial charge in [0.15, 0.2) is 0 Å². The van der Waals surface area contributed by atoms with Gasteiger partial charge in [0.25, 0.3) is 0 Å². The van der Waals surface area contributed by atoms with Crippen LogP contribution in [0.25, 0.3) is 10.8 Å². The number of rotatable bonds is 5. The van der Waals surface area contributed by atoms with Gasteiger partial charge < -0.3 is 9.88 Å². The summed E-state index contributed by atoms with van der Waals surface area (Å²) >= 11 is 3.50. The maximum Gasteiger partial charge on any atom is 0.0945 e. The Morgan fingerprint density at radius 1 is 1.10 bits per heavy atom. The zero-order valence-electron chi connectivity index (χ0n) is 11.1. The number of halogens is 1. The third-order valence-corrected chi connectivity index (χ3v) is 3.78. The Labute approximate surface area is 126 Å². The predicted octanol–water partition coefficient (Wildman–Crippen LogP) is 4.30. The number of fused-ring (bicyclic) bond motifs is 1. The molecule has 0 bridgehead atoms. The van der Waals surface area contributed by atoms with E-state index in [4.69, 9.17) is 0 Å². The van der Waals surface area contributed by atoms with Crippen LogP contribution in [-0.4, -0.2) is 16.1 Å². The largest absolute Gasteiger partial charge is 0.385 e. The van der Waals surface area contributed by atoms with Crippen LogP contribution in [0.2, 0.25) is 0 Å². The Balaban J connectivity index is 1.58. The van der Waals surface area contributed by atoms with Gasteiger partial charge in [-0.2, -0.15) is 0 Å². The zero-order valence-corrected chi connectivity index (χ0v) is 12.7. The molecule has 3 nitrogen and oxygen atoms in total. The molecule has 2 aromatic carbocycles. The van der Waals surface area contributed by atoms with Gasteiger partial charge in [0, 0.05) is 35.6 Å². The lowest BCUT2D eigenvalue weighted by Crippen LogP contribution is -2.05. The summed E-state index contributed by atoms with van der Waals surface area (Å²) in [5.74, 6) is 0. The molecule has 3 aromatic rings. The Hall–Kier alpha value is -1.81. The number of hydrogen-bond donors (Lipinski definition) is 1. The van der Waals surface area contributed by atoms with Crippen LogP contribution in [-0.2, 0) is 6.54 Å². The van der Waals surface area contributed by atoms with Crippen LogP contribution in [0.5, 0.6) is 0 Å². The van der Waals surface area contributed by atoms with E-state index in [2.05, 4.69) is 67.2 Å². The number of anilines is 1. The lowest BCUT2D eigenvalue weighted by atomic mass is 10.1. The molecule has 1 aromatic heterocycles. The quantitative estimate of drug-likeness (QED) is 0.707. The van der Waals surface area contributed by atoms with E-state index in [1.807, 2.05) is 18.7 Å². The number of aromatic nitrogens is 2. The summed E-state index contributed by atoms with van der Waals surface area (Å²) in [5, 5.41) is 5.98. The van der Waals surface area contributed by atoms with E-state index in [0.29, 0.717) is 0 Å². The molecule has 0 spiro atoms. The fraction of sp³-hybridized carbons (Fsp3) is 0.188. The van der Waals surface area contributed by atoms with Crippen LogP contribution in [0.4, 0.5) is 5.69 Å². The monoisotopic (exact) mass is 329 g/mol. The molecule has 0 aliphatic rings. The molecule has 0 unspecified atom stereocenters. The molecule has 0 radical (unpaired) electrons. The second kappa shape index (κ2) is 6.09. The second-order valence-electron chi connectivity index (χ2n) is 4.79. The number of benzene rings is 2. The first-order valence-electron chi connectivity index (χ1n) is 6.70. The van der Waals surface area contributed by atoms with Crippen molar-refractivity contribution in [3.63, 3.8) is 0 Å². The van der Waals surface area contributed by atoms with E-state index in [1.54, 1.807) is 0 Å². The van der Waals surface area contributed by atoms with E-state index in [1.165, 1.54) is 16.5 Å². The molecular formula is C16H16BrN3. The van der Waals surface area contributed by atoms with Crippen molar-refractivity contribution in [3.05, 3.63) is 59.6 Å². The summed E-state index contributed by atoms with van der Waals surface area (Å²) in [6, 6.07) is 12.8. The Bertz CT molecular complexity index is 692. The smallest absolute Gasteiger partial charge is 0.0945 e. The van der Waals surface area contributed by atoms with Crippen molar-refractivity contribution in [2.45, 2.75) is 13.0 Å². The highest BCUT2D eigenvalue weighted by Gasteiger charge is 1.97. The van der Waals surface area contributed by atoms with Crippen LogP contribution >= 0.6 is 15.9 Å². The van der Waals surface area contributed by atoms with E-state index in [0.717, 1.165) is 24.0 Å². The van der Waals surface area contributed by atoms with Gasteiger partial charge >= 0.3 is 0 Å². The second-order valence-corrected chi connectivity index (χ2v) is 5.70. The van der Waals surface area contributed by atoms with E-state index in [9.17, 15) is 0 Å². The minimum atomic E-state index is 0.959. The first-order valence-corrected chi connectivity index (χ1v) is 7.49. The van der Waals surface area contributed by atoms with Gasteiger partial charge in [-0.05, 0) is 41.5 Å². The van der Waals surface area contributed by atoms with Crippen LogP contribution < -0.4 is 5.32 Å². The average molecular weight is 330 g/mol. The third-order valence-electron chi connectivity index (χ3n) is 3.28. The Kier molecular flexibility index (Phi) is 4.02. The highest BCUT2D eigenvalue weighted by Crippen LogP contribution is 2.22. The molecule has 20 heavy (non-hydrogen) atoms. The molecule has 0 amide bonds. The molecule has 4 heteroatoms. The summed E-state index contributed by atoms with van der Waals surface area (Å²) in [4.78, 5) is 4.04. The van der Waals surface area contributed by atoms with Gasteiger partial charge in [0.2, 0.25) is 0 Å². The van der Waals surface area contributed by atoms with Crippen molar-refractivity contribution in [2.75, 3.05) is 11.9 Å². The summed E-state index contributed by atoms with van der Waals surface area (Å²) in [5.41, 5.74) is 1.17. The van der Waals surface area contributed by atoms with E-state index >= 15 is 0 Å². The highest BCUT2D eigenvalue weighted by atomic mass is 79.9. The summed E-state index contributed by atoms with van der Waals surface area (Å²) in [6.45, 7) is 1.95. The average Bonchev–Trinajstić information content (AvgIpc) is 2.97. The Morgan fingerprint density at radius 3 is 2.80 bits per heavy atom. The van der Waals surface area contributed by atoms with Gasteiger partial charge in [-0.15, -0.1) is 0 Å². The minimum Gasteiger partial charge on any atom is -0.385 e. The number of hydrogen-bond acceptors (Lipinski definition) is 2. The molecule has 3 rings (SSSR count). The van der Waals surface area contributed by atoms with Crippen molar-refractivity contribution in [2.24, 2.45) is 0 Å². The minimum absolute atomic E-state index is 0.959. The van der Waals surface area contributed by atoms with E-state index < -0.39 is 0 Å². The molecule has 0 aliphatic heterocycles. The maximum atomic E-state index is 4.04. The first-order chi connectivity index (χ1) is 9.81. The normalized spacial score (nSPS) is 10.8. The molecular weight excluding hydrogens is 314 g/mol. The number of nitrogens with zero attached hydrogens (tertiary/aromatic N) is 2. The molecule has 0 saturated carbocycles. The number of imidazole rings is 1. The molecule has 1 heterocycles. The summed E-state index contributed by atoms with van der Waals surface area (Å²) < 4.78 is 3.21. The molecule has 0 fully saturated rings. The lowest BCUT2D eigenvalue weighted by Gasteiger charge is -2.08. The summed E-state index contributed by atoms with van der Waals surface area (Å²) in [6.07, 6.45) is 6.74. The lowest BCUT2D eigenvalue weighted by molar-refractivity contribution is 0.661. The van der Waals surface area contributed by atoms with Crippen molar-refractivity contribution < 1.29 is 0 Å². The van der Waals surface area contributed by atoms with Gasteiger partial charge in [0.05, 0.1) is 6.33 Å². The van der Waals surface area contributed by atoms with E-state index in [-0.39, 0.29) is 0 Å². The predicted molar refractivity (Wildman–Crippen MR) is 87.0 cm³/mol. The fourth-order valence-electron chi connectivity index (χ4n) is 2.24. The number of aryl methyl sites for hydroxylation is 1. The van der Waals surface area contributed by atoms with Crippen LogP contribution in [0.3, 0.4) is 0 Å². The Morgan fingerprint density at radius 2 is 1.95 bits per heavy atom. The first kappa shape index (κ1) is 13.2. The molecule has 0 saturated heterocycles. The SMILES string of the molecule is Brc1ccc2cc(NCCCn3ccnc3)ccc2c1. The molecule has 0 aliphatic carbocycles. The topological polar surface area (TPSA) is 29.9 Å². The van der Waals surface area contributed by atoms with Crippen molar-refractivity contribution in [1.82, 2.24) is 9.55 Å². The molecule has 0 atom stereocenters. The van der Waals surface area contributed by atoms with Gasteiger partial charge in [0.1, 0.15) is 0 Å². The number of nitrogens with one attached hydrogen (secondary N) is 1. The van der Waals surface area contributed by atoms with Crippen LogP contribution in [0.1, 0.15) is 6.42 Å². The fourth-order valence-corrected chi connectivity index (χ4v) is 2.62. The van der Waals surface area contributed by atoms with Gasteiger partial charge in [-0.25, -0.2) is 4.98 Å².